The quantitative estimate of drug-likeness (QED) is 0.699. The fourth-order valence-corrected chi connectivity index (χ4v) is 2.44. The molecule has 1 aromatic carbocycles. The van der Waals surface area contributed by atoms with Crippen LogP contribution in [0.25, 0.3) is 0 Å². The SMILES string of the molecule is O=Cc1cccc2c1CCN2CC1CC1. The third-order valence-corrected chi connectivity index (χ3v) is 3.46. The van der Waals surface area contributed by atoms with E-state index in [0.717, 1.165) is 30.7 Å². The van der Waals surface area contributed by atoms with Crippen molar-refractivity contribution in [1.29, 1.82) is 0 Å². The first-order valence-corrected chi connectivity index (χ1v) is 5.70. The number of carbonyl (C=O) groups is 1. The van der Waals surface area contributed by atoms with Crippen LogP contribution in [0.3, 0.4) is 0 Å². The summed E-state index contributed by atoms with van der Waals surface area (Å²) in [6, 6.07) is 6.07. The van der Waals surface area contributed by atoms with Crippen LogP contribution in [0.15, 0.2) is 18.2 Å². The largest absolute Gasteiger partial charge is 0.371 e. The van der Waals surface area contributed by atoms with E-state index < -0.39 is 0 Å². The fourth-order valence-electron chi connectivity index (χ4n) is 2.44. The lowest BCUT2D eigenvalue weighted by atomic mass is 10.1. The van der Waals surface area contributed by atoms with Crippen molar-refractivity contribution in [2.45, 2.75) is 19.3 Å². The highest BCUT2D eigenvalue weighted by atomic mass is 16.1. The van der Waals surface area contributed by atoms with Gasteiger partial charge in [0.2, 0.25) is 0 Å². The first-order valence-electron chi connectivity index (χ1n) is 5.70. The highest BCUT2D eigenvalue weighted by Crippen LogP contribution is 2.35. The molecule has 2 nitrogen and oxygen atoms in total. The van der Waals surface area contributed by atoms with Gasteiger partial charge in [0.25, 0.3) is 0 Å². The zero-order valence-corrected chi connectivity index (χ0v) is 8.78. The molecular formula is C13H15NO. The molecule has 1 aliphatic heterocycles. The molecule has 1 fully saturated rings. The van der Waals surface area contributed by atoms with Crippen LogP contribution in [0.5, 0.6) is 0 Å². The monoisotopic (exact) mass is 201 g/mol. The van der Waals surface area contributed by atoms with Crippen molar-refractivity contribution < 1.29 is 4.79 Å². The zero-order chi connectivity index (χ0) is 10.3. The predicted molar refractivity (Wildman–Crippen MR) is 60.5 cm³/mol. The van der Waals surface area contributed by atoms with Crippen LogP contribution in [-0.2, 0) is 6.42 Å². The van der Waals surface area contributed by atoms with Gasteiger partial charge in [-0.3, -0.25) is 4.79 Å². The van der Waals surface area contributed by atoms with Crippen LogP contribution >= 0.6 is 0 Å². The second-order valence-electron chi connectivity index (χ2n) is 4.60. The topological polar surface area (TPSA) is 20.3 Å². The molecule has 0 amide bonds. The molecule has 2 heteroatoms. The lowest BCUT2D eigenvalue weighted by Crippen LogP contribution is -2.22. The molecule has 0 unspecified atom stereocenters. The van der Waals surface area contributed by atoms with E-state index in [2.05, 4.69) is 11.0 Å². The second-order valence-corrected chi connectivity index (χ2v) is 4.60. The highest BCUT2D eigenvalue weighted by Gasteiger charge is 2.28. The number of benzene rings is 1. The molecule has 1 saturated carbocycles. The van der Waals surface area contributed by atoms with Gasteiger partial charge in [0, 0.05) is 24.3 Å². The minimum Gasteiger partial charge on any atom is -0.371 e. The van der Waals surface area contributed by atoms with E-state index >= 15 is 0 Å². The van der Waals surface area contributed by atoms with Crippen molar-refractivity contribution in [3.8, 4) is 0 Å². The number of hydrogen-bond donors (Lipinski definition) is 0. The standard InChI is InChI=1S/C13H15NO/c15-9-11-2-1-3-13-12(11)6-7-14(13)8-10-4-5-10/h1-3,9-10H,4-8H2. The number of fused-ring (bicyclic) bond motifs is 1. The number of aldehydes is 1. The Balaban J connectivity index is 1.91. The van der Waals surface area contributed by atoms with Gasteiger partial charge in [-0.05, 0) is 36.8 Å². The summed E-state index contributed by atoms with van der Waals surface area (Å²) in [6.45, 7) is 2.28. The molecule has 0 atom stereocenters. The summed E-state index contributed by atoms with van der Waals surface area (Å²) in [5, 5.41) is 0. The van der Waals surface area contributed by atoms with E-state index in [-0.39, 0.29) is 0 Å². The summed E-state index contributed by atoms with van der Waals surface area (Å²) < 4.78 is 0. The van der Waals surface area contributed by atoms with Gasteiger partial charge in [0.15, 0.2) is 0 Å². The van der Waals surface area contributed by atoms with Gasteiger partial charge in [-0.2, -0.15) is 0 Å². The molecular weight excluding hydrogens is 186 g/mol. The molecule has 78 valence electrons. The average Bonchev–Trinajstić information content (AvgIpc) is 2.99. The van der Waals surface area contributed by atoms with E-state index in [1.807, 2.05) is 12.1 Å². The Bertz CT molecular complexity index is 396. The van der Waals surface area contributed by atoms with Gasteiger partial charge < -0.3 is 4.90 Å². The highest BCUT2D eigenvalue weighted by molar-refractivity contribution is 5.82. The van der Waals surface area contributed by atoms with Crippen molar-refractivity contribution >= 4 is 12.0 Å². The Morgan fingerprint density at radius 1 is 1.40 bits per heavy atom. The van der Waals surface area contributed by atoms with Crippen LogP contribution in [-0.4, -0.2) is 19.4 Å². The molecule has 3 rings (SSSR count). The Morgan fingerprint density at radius 2 is 2.27 bits per heavy atom. The second kappa shape index (κ2) is 3.37. The predicted octanol–water partition coefficient (Wildman–Crippen LogP) is 2.27. The van der Waals surface area contributed by atoms with Gasteiger partial charge in [-0.1, -0.05) is 12.1 Å². The van der Waals surface area contributed by atoms with Crippen LogP contribution in [0, 0.1) is 5.92 Å². The average molecular weight is 201 g/mol. The van der Waals surface area contributed by atoms with Crippen LogP contribution in [0.1, 0.15) is 28.8 Å². The van der Waals surface area contributed by atoms with Crippen LogP contribution < -0.4 is 4.90 Å². The Morgan fingerprint density at radius 3 is 3.00 bits per heavy atom. The molecule has 1 heterocycles. The first-order chi connectivity index (χ1) is 7.38. The third-order valence-electron chi connectivity index (χ3n) is 3.46. The maximum Gasteiger partial charge on any atom is 0.150 e. The molecule has 1 aromatic rings. The summed E-state index contributed by atoms with van der Waals surface area (Å²) in [4.78, 5) is 13.3. The Kier molecular flexibility index (Phi) is 2.01. The van der Waals surface area contributed by atoms with Crippen molar-refractivity contribution in [2.24, 2.45) is 5.92 Å². The minimum absolute atomic E-state index is 0.880. The number of hydrogen-bond acceptors (Lipinski definition) is 2. The molecule has 0 N–H and O–H groups in total. The van der Waals surface area contributed by atoms with E-state index in [1.165, 1.54) is 30.6 Å². The minimum atomic E-state index is 0.880. The lowest BCUT2D eigenvalue weighted by molar-refractivity contribution is 0.112. The molecule has 0 aromatic heterocycles. The van der Waals surface area contributed by atoms with Gasteiger partial charge in [0.05, 0.1) is 0 Å². The van der Waals surface area contributed by atoms with Crippen molar-refractivity contribution in [3.63, 3.8) is 0 Å². The summed E-state index contributed by atoms with van der Waals surface area (Å²) in [5.74, 6) is 0.913. The van der Waals surface area contributed by atoms with Gasteiger partial charge in [0.1, 0.15) is 6.29 Å². The molecule has 0 saturated heterocycles. The van der Waals surface area contributed by atoms with Gasteiger partial charge in [-0.25, -0.2) is 0 Å². The number of nitrogens with zero attached hydrogens (tertiary/aromatic N) is 1. The Hall–Kier alpha value is -1.31. The van der Waals surface area contributed by atoms with Crippen molar-refractivity contribution in [1.82, 2.24) is 0 Å². The fraction of sp³-hybridized carbons (Fsp3) is 0.462. The molecule has 15 heavy (non-hydrogen) atoms. The summed E-state index contributed by atoms with van der Waals surface area (Å²) in [7, 11) is 0. The van der Waals surface area contributed by atoms with Gasteiger partial charge in [-0.15, -0.1) is 0 Å². The Labute approximate surface area is 89.9 Å². The number of rotatable bonds is 3. The van der Waals surface area contributed by atoms with Gasteiger partial charge >= 0.3 is 0 Å². The maximum atomic E-state index is 10.9. The maximum absolute atomic E-state index is 10.9. The van der Waals surface area contributed by atoms with Crippen molar-refractivity contribution in [3.05, 3.63) is 29.3 Å². The lowest BCUT2D eigenvalue weighted by Gasteiger charge is -2.18. The van der Waals surface area contributed by atoms with E-state index in [1.54, 1.807) is 0 Å². The summed E-state index contributed by atoms with van der Waals surface area (Å²) in [5.41, 5.74) is 3.44. The zero-order valence-electron chi connectivity index (χ0n) is 8.78. The van der Waals surface area contributed by atoms with Crippen molar-refractivity contribution in [2.75, 3.05) is 18.0 Å². The van der Waals surface area contributed by atoms with Crippen LogP contribution in [0.4, 0.5) is 5.69 Å². The van der Waals surface area contributed by atoms with E-state index in [0.29, 0.717) is 0 Å². The molecule has 2 aliphatic rings. The smallest absolute Gasteiger partial charge is 0.150 e. The molecule has 0 radical (unpaired) electrons. The van der Waals surface area contributed by atoms with E-state index in [9.17, 15) is 4.79 Å². The first kappa shape index (κ1) is 8.96. The molecule has 0 spiro atoms. The number of anilines is 1. The molecule has 1 aliphatic carbocycles. The van der Waals surface area contributed by atoms with Crippen LogP contribution in [0.2, 0.25) is 0 Å². The summed E-state index contributed by atoms with van der Waals surface area (Å²) >= 11 is 0. The molecule has 0 bridgehead atoms. The normalized spacial score (nSPS) is 19.1. The third kappa shape index (κ3) is 1.54. The van der Waals surface area contributed by atoms with E-state index in [4.69, 9.17) is 0 Å². The summed E-state index contributed by atoms with van der Waals surface area (Å²) in [6.07, 6.45) is 4.80. The number of carbonyl (C=O) groups excluding carboxylic acids is 1.